The Morgan fingerprint density at radius 2 is 1.82 bits per heavy atom. The first-order valence-electron chi connectivity index (χ1n) is 8.92. The maximum absolute atomic E-state index is 12.2. The highest BCUT2D eigenvalue weighted by Crippen LogP contribution is 2.27. The number of amides is 1. The third-order valence-electron chi connectivity index (χ3n) is 3.78. The minimum Gasteiger partial charge on any atom is -0.484 e. The number of fused-ring (bicyclic) bond motifs is 1. The quantitative estimate of drug-likeness (QED) is 0.619. The van der Waals surface area contributed by atoms with Gasteiger partial charge in [0.15, 0.2) is 11.7 Å². The zero-order valence-electron chi connectivity index (χ0n) is 16.2. The van der Waals surface area contributed by atoms with Crippen LogP contribution in [0.5, 0.6) is 5.75 Å². The van der Waals surface area contributed by atoms with Crippen LogP contribution in [-0.2, 0) is 9.53 Å². The number of anilines is 1. The Morgan fingerprint density at radius 3 is 2.50 bits per heavy atom. The second-order valence-corrected chi connectivity index (χ2v) is 7.85. The molecular weight excluding hydrogens is 376 g/mol. The second-order valence-electron chi connectivity index (χ2n) is 6.82. The lowest BCUT2D eigenvalue weighted by atomic mass is 10.1. The van der Waals surface area contributed by atoms with Crippen LogP contribution in [0.4, 0.5) is 5.13 Å². The number of carbonyl (C=O) groups is 2. The Kier molecular flexibility index (Phi) is 5.94. The monoisotopic (exact) mass is 398 g/mol. The average Bonchev–Trinajstić information content (AvgIpc) is 2.99. The molecule has 0 radical (unpaired) electrons. The molecule has 1 heterocycles. The summed E-state index contributed by atoms with van der Waals surface area (Å²) in [5.41, 5.74) is 3.32. The van der Waals surface area contributed by atoms with E-state index in [1.54, 1.807) is 32.0 Å². The minimum absolute atomic E-state index is 0.106. The molecule has 0 saturated carbocycles. The summed E-state index contributed by atoms with van der Waals surface area (Å²) >= 11 is 1.30. The Morgan fingerprint density at radius 1 is 1.11 bits per heavy atom. The van der Waals surface area contributed by atoms with Crippen molar-refractivity contribution in [2.45, 2.75) is 33.8 Å². The van der Waals surface area contributed by atoms with E-state index >= 15 is 0 Å². The predicted molar refractivity (Wildman–Crippen MR) is 110 cm³/mol. The van der Waals surface area contributed by atoms with E-state index < -0.39 is 0 Å². The van der Waals surface area contributed by atoms with Crippen molar-refractivity contribution in [3.63, 3.8) is 0 Å². The second kappa shape index (κ2) is 8.39. The Balaban J connectivity index is 1.65. The molecule has 3 rings (SSSR count). The molecule has 0 unspecified atom stereocenters. The largest absolute Gasteiger partial charge is 0.484 e. The van der Waals surface area contributed by atoms with Crippen LogP contribution in [0.1, 0.15) is 35.3 Å². The highest BCUT2D eigenvalue weighted by Gasteiger charge is 2.13. The van der Waals surface area contributed by atoms with E-state index in [-0.39, 0.29) is 24.6 Å². The maximum atomic E-state index is 12.2. The summed E-state index contributed by atoms with van der Waals surface area (Å²) in [5, 5.41) is 3.20. The molecule has 0 spiro atoms. The fourth-order valence-electron chi connectivity index (χ4n) is 2.71. The summed E-state index contributed by atoms with van der Waals surface area (Å²) < 4.78 is 11.6. The third kappa shape index (κ3) is 5.07. The minimum atomic E-state index is -0.377. The SMILES string of the molecule is Cc1cc(C)cc(OCC(=O)Nc2nc3ccc(C(=O)OC(C)C)cc3s2)c1. The zero-order valence-corrected chi connectivity index (χ0v) is 17.1. The van der Waals surface area contributed by atoms with Gasteiger partial charge in [-0.2, -0.15) is 0 Å². The number of rotatable bonds is 6. The molecule has 7 heteroatoms. The van der Waals surface area contributed by atoms with E-state index in [0.29, 0.717) is 22.0 Å². The van der Waals surface area contributed by atoms with Crippen LogP contribution in [0, 0.1) is 13.8 Å². The fourth-order valence-corrected chi connectivity index (χ4v) is 3.63. The van der Waals surface area contributed by atoms with Gasteiger partial charge in [0.2, 0.25) is 0 Å². The number of ether oxygens (including phenoxy) is 2. The van der Waals surface area contributed by atoms with Gasteiger partial charge in [-0.05, 0) is 69.2 Å². The number of thiazole rings is 1. The molecule has 0 aliphatic carbocycles. The maximum Gasteiger partial charge on any atom is 0.338 e. The van der Waals surface area contributed by atoms with Crippen LogP contribution in [0.2, 0.25) is 0 Å². The lowest BCUT2D eigenvalue weighted by Gasteiger charge is -2.07. The zero-order chi connectivity index (χ0) is 20.3. The normalized spacial score (nSPS) is 10.9. The standard InChI is InChI=1S/C21H22N2O4S/c1-12(2)27-20(25)15-5-6-17-18(10-15)28-21(22-17)23-19(24)11-26-16-8-13(3)7-14(4)9-16/h5-10,12H,11H2,1-4H3,(H,22,23,24). The summed E-state index contributed by atoms with van der Waals surface area (Å²) in [6, 6.07) is 10.9. The molecular formula is C21H22N2O4S. The van der Waals surface area contributed by atoms with Crippen molar-refractivity contribution in [2.24, 2.45) is 0 Å². The van der Waals surface area contributed by atoms with Gasteiger partial charge >= 0.3 is 5.97 Å². The molecule has 3 aromatic rings. The fraction of sp³-hybridized carbons (Fsp3) is 0.286. The number of carbonyl (C=O) groups excluding carboxylic acids is 2. The van der Waals surface area contributed by atoms with Gasteiger partial charge in [0.05, 0.1) is 21.9 Å². The molecule has 2 aromatic carbocycles. The molecule has 1 N–H and O–H groups in total. The molecule has 0 bridgehead atoms. The molecule has 1 aromatic heterocycles. The molecule has 1 amide bonds. The highest BCUT2D eigenvalue weighted by atomic mass is 32.1. The number of hydrogen-bond acceptors (Lipinski definition) is 6. The number of aryl methyl sites for hydroxylation is 2. The molecule has 146 valence electrons. The average molecular weight is 398 g/mol. The van der Waals surface area contributed by atoms with E-state index in [9.17, 15) is 9.59 Å². The molecule has 0 aliphatic heterocycles. The third-order valence-corrected chi connectivity index (χ3v) is 4.71. The van der Waals surface area contributed by atoms with Crippen LogP contribution in [0.25, 0.3) is 10.2 Å². The van der Waals surface area contributed by atoms with Crippen LogP contribution >= 0.6 is 11.3 Å². The molecule has 0 fully saturated rings. The van der Waals surface area contributed by atoms with Crippen molar-refractivity contribution in [3.8, 4) is 5.75 Å². The van der Waals surface area contributed by atoms with Crippen molar-refractivity contribution < 1.29 is 19.1 Å². The van der Waals surface area contributed by atoms with Gasteiger partial charge in [0, 0.05) is 0 Å². The van der Waals surface area contributed by atoms with E-state index in [4.69, 9.17) is 9.47 Å². The Hall–Kier alpha value is -2.93. The lowest BCUT2D eigenvalue weighted by Crippen LogP contribution is -2.20. The number of nitrogens with zero attached hydrogens (tertiary/aromatic N) is 1. The van der Waals surface area contributed by atoms with E-state index in [0.717, 1.165) is 15.8 Å². The predicted octanol–water partition coefficient (Wildman–Crippen LogP) is 4.50. The first-order valence-corrected chi connectivity index (χ1v) is 9.74. The first kappa shape index (κ1) is 19.8. The van der Waals surface area contributed by atoms with E-state index in [1.807, 2.05) is 32.0 Å². The van der Waals surface area contributed by atoms with E-state index in [1.165, 1.54) is 11.3 Å². The number of benzene rings is 2. The summed E-state index contributed by atoms with van der Waals surface area (Å²) in [5.74, 6) is -0.0133. The van der Waals surface area contributed by atoms with Gasteiger partial charge in [0.1, 0.15) is 5.75 Å². The summed E-state index contributed by atoms with van der Waals surface area (Å²) in [7, 11) is 0. The van der Waals surface area contributed by atoms with Crippen molar-refractivity contribution in [1.29, 1.82) is 0 Å². The Labute approximate surface area is 167 Å². The van der Waals surface area contributed by atoms with Crippen molar-refractivity contribution in [1.82, 2.24) is 4.98 Å². The van der Waals surface area contributed by atoms with Gasteiger partial charge in [-0.3, -0.25) is 10.1 Å². The molecule has 0 atom stereocenters. The summed E-state index contributed by atoms with van der Waals surface area (Å²) in [6.07, 6.45) is -0.184. The number of esters is 1. The lowest BCUT2D eigenvalue weighted by molar-refractivity contribution is -0.118. The van der Waals surface area contributed by atoms with Crippen LogP contribution in [0.15, 0.2) is 36.4 Å². The molecule has 0 aliphatic rings. The van der Waals surface area contributed by atoms with E-state index in [2.05, 4.69) is 10.3 Å². The molecule has 0 saturated heterocycles. The van der Waals surface area contributed by atoms with Crippen LogP contribution < -0.4 is 10.1 Å². The van der Waals surface area contributed by atoms with Gasteiger partial charge in [0.25, 0.3) is 5.91 Å². The molecule has 6 nitrogen and oxygen atoms in total. The van der Waals surface area contributed by atoms with Crippen LogP contribution in [0.3, 0.4) is 0 Å². The summed E-state index contributed by atoms with van der Waals surface area (Å²) in [4.78, 5) is 28.6. The first-order chi connectivity index (χ1) is 13.3. The van der Waals surface area contributed by atoms with Gasteiger partial charge < -0.3 is 9.47 Å². The Bertz CT molecular complexity index is 1010. The summed E-state index contributed by atoms with van der Waals surface area (Å²) in [6.45, 7) is 7.46. The van der Waals surface area contributed by atoms with Crippen molar-refractivity contribution in [2.75, 3.05) is 11.9 Å². The highest BCUT2D eigenvalue weighted by molar-refractivity contribution is 7.22. The molecule has 28 heavy (non-hydrogen) atoms. The van der Waals surface area contributed by atoms with Gasteiger partial charge in [-0.25, -0.2) is 9.78 Å². The number of nitrogens with one attached hydrogen (secondary N) is 1. The topological polar surface area (TPSA) is 77.5 Å². The smallest absolute Gasteiger partial charge is 0.338 e. The number of hydrogen-bond donors (Lipinski definition) is 1. The van der Waals surface area contributed by atoms with Crippen molar-refractivity contribution in [3.05, 3.63) is 53.1 Å². The van der Waals surface area contributed by atoms with Crippen molar-refractivity contribution >= 4 is 38.6 Å². The van der Waals surface area contributed by atoms with Crippen LogP contribution in [-0.4, -0.2) is 29.6 Å². The van der Waals surface area contributed by atoms with Gasteiger partial charge in [-0.15, -0.1) is 0 Å². The number of aromatic nitrogens is 1. The van der Waals surface area contributed by atoms with Gasteiger partial charge in [-0.1, -0.05) is 17.4 Å².